The molecule has 0 aliphatic heterocycles. The third-order valence-corrected chi connectivity index (χ3v) is 4.37. The standard InChI is InChI=1S/C20H29N7O3/c1-3-14-4-6-15(7-5-14)8-9-24-18-19(29)25-13(2)16(26-18)12-17(28)23-10-11-30-27-20(21)22/h4-7H,3,8-12H2,1-2H3,(H,23,28)(H,24,26)(H,25,29)(H4,21,22,27). The maximum atomic E-state index is 12.2. The summed E-state index contributed by atoms with van der Waals surface area (Å²) < 4.78 is 0. The molecule has 1 amide bonds. The second-order valence-corrected chi connectivity index (χ2v) is 6.72. The predicted octanol–water partition coefficient (Wildman–Crippen LogP) is 0.369. The van der Waals surface area contributed by atoms with Gasteiger partial charge in [-0.05, 0) is 30.9 Å². The van der Waals surface area contributed by atoms with Gasteiger partial charge in [0.05, 0.1) is 18.7 Å². The Morgan fingerprint density at radius 3 is 2.60 bits per heavy atom. The first kappa shape index (κ1) is 22.9. The topological polar surface area (TPSA) is 158 Å². The second kappa shape index (κ2) is 11.6. The van der Waals surface area contributed by atoms with Crippen LogP contribution in [-0.2, 0) is 28.9 Å². The molecule has 10 heteroatoms. The zero-order valence-electron chi connectivity index (χ0n) is 17.3. The van der Waals surface area contributed by atoms with Crippen molar-refractivity contribution >= 4 is 17.7 Å². The highest BCUT2D eigenvalue weighted by Crippen LogP contribution is 2.07. The van der Waals surface area contributed by atoms with Gasteiger partial charge in [-0.15, -0.1) is 0 Å². The van der Waals surface area contributed by atoms with Crippen LogP contribution >= 0.6 is 0 Å². The van der Waals surface area contributed by atoms with E-state index in [1.807, 2.05) is 0 Å². The predicted molar refractivity (Wildman–Crippen MR) is 115 cm³/mol. The van der Waals surface area contributed by atoms with Gasteiger partial charge in [-0.3, -0.25) is 19.8 Å². The van der Waals surface area contributed by atoms with Gasteiger partial charge in [-0.1, -0.05) is 31.2 Å². The number of carbonyl (C=O) groups excluding carboxylic acids is 1. The third kappa shape index (κ3) is 7.55. The summed E-state index contributed by atoms with van der Waals surface area (Å²) in [6.45, 7) is 4.76. The number of nitrogens with zero attached hydrogens (tertiary/aromatic N) is 1. The van der Waals surface area contributed by atoms with E-state index in [-0.39, 0.29) is 42.8 Å². The van der Waals surface area contributed by atoms with E-state index in [1.165, 1.54) is 11.1 Å². The first-order chi connectivity index (χ1) is 14.4. The molecule has 2 aromatic rings. The highest BCUT2D eigenvalue weighted by molar-refractivity contribution is 5.78. The molecule has 0 radical (unpaired) electrons. The van der Waals surface area contributed by atoms with E-state index in [9.17, 15) is 9.59 Å². The summed E-state index contributed by atoms with van der Waals surface area (Å²) in [6.07, 6.45) is 1.78. The number of aryl methyl sites for hydroxylation is 2. The molecule has 0 saturated heterocycles. The Bertz CT molecular complexity index is 910. The Balaban J connectivity index is 1.87. The van der Waals surface area contributed by atoms with Crippen LogP contribution in [0.2, 0.25) is 0 Å². The van der Waals surface area contributed by atoms with Crippen molar-refractivity contribution in [3.8, 4) is 0 Å². The number of hydroxylamine groups is 1. The summed E-state index contributed by atoms with van der Waals surface area (Å²) in [4.78, 5) is 36.2. The molecule has 0 aliphatic carbocycles. The van der Waals surface area contributed by atoms with Crippen LogP contribution in [0.25, 0.3) is 0 Å². The van der Waals surface area contributed by atoms with E-state index in [1.54, 1.807) is 6.92 Å². The Morgan fingerprint density at radius 2 is 1.93 bits per heavy atom. The van der Waals surface area contributed by atoms with E-state index >= 15 is 0 Å². The SMILES string of the molecule is CCc1ccc(CCNc2nc(CC(=O)NCCONC(=N)N)c(C)[nH]c2=O)cc1. The number of hydrogen-bond acceptors (Lipinski definition) is 6. The molecule has 10 nitrogen and oxygen atoms in total. The van der Waals surface area contributed by atoms with Gasteiger partial charge in [-0.25, -0.2) is 10.5 Å². The van der Waals surface area contributed by atoms with Crippen LogP contribution in [0.5, 0.6) is 0 Å². The van der Waals surface area contributed by atoms with Crippen LogP contribution in [-0.4, -0.2) is 41.5 Å². The van der Waals surface area contributed by atoms with Gasteiger partial charge in [0.1, 0.15) is 0 Å². The fraction of sp³-hybridized carbons (Fsp3) is 0.400. The van der Waals surface area contributed by atoms with Gasteiger partial charge in [0, 0.05) is 18.8 Å². The van der Waals surface area contributed by atoms with Gasteiger partial charge in [-0.2, -0.15) is 0 Å². The molecular formula is C20H29N7O3. The summed E-state index contributed by atoms with van der Waals surface area (Å²) in [5.74, 6) is -0.374. The van der Waals surface area contributed by atoms with Gasteiger partial charge in [0.2, 0.25) is 11.9 Å². The van der Waals surface area contributed by atoms with Crippen LogP contribution in [0, 0.1) is 12.3 Å². The van der Waals surface area contributed by atoms with E-state index in [0.717, 1.165) is 12.8 Å². The lowest BCUT2D eigenvalue weighted by molar-refractivity contribution is -0.120. The number of amides is 1. The number of nitrogens with two attached hydrogens (primary N) is 1. The lowest BCUT2D eigenvalue weighted by atomic mass is 10.1. The molecule has 1 aromatic carbocycles. The Labute approximate surface area is 175 Å². The molecule has 30 heavy (non-hydrogen) atoms. The van der Waals surface area contributed by atoms with Gasteiger partial charge >= 0.3 is 0 Å². The minimum Gasteiger partial charge on any atom is -0.368 e. The highest BCUT2D eigenvalue weighted by atomic mass is 16.6. The Kier molecular flexibility index (Phi) is 8.82. The number of guanidine groups is 1. The number of aromatic amines is 1. The number of nitrogens with one attached hydrogen (secondary N) is 5. The molecule has 0 fully saturated rings. The van der Waals surface area contributed by atoms with Crippen molar-refractivity contribution in [2.45, 2.75) is 33.1 Å². The largest absolute Gasteiger partial charge is 0.368 e. The Morgan fingerprint density at radius 1 is 1.23 bits per heavy atom. The summed E-state index contributed by atoms with van der Waals surface area (Å²) in [7, 11) is 0. The maximum Gasteiger partial charge on any atom is 0.290 e. The molecule has 2 rings (SSSR count). The number of carbonyl (C=O) groups is 1. The molecule has 0 saturated carbocycles. The average molecular weight is 415 g/mol. The number of hydrogen-bond donors (Lipinski definition) is 6. The summed E-state index contributed by atoms with van der Waals surface area (Å²) in [5, 5.41) is 12.7. The van der Waals surface area contributed by atoms with Crippen molar-refractivity contribution < 1.29 is 9.63 Å². The molecular weight excluding hydrogens is 386 g/mol. The smallest absolute Gasteiger partial charge is 0.290 e. The molecule has 0 spiro atoms. The zero-order valence-corrected chi connectivity index (χ0v) is 17.3. The van der Waals surface area contributed by atoms with Crippen LogP contribution in [0.1, 0.15) is 29.4 Å². The fourth-order valence-corrected chi connectivity index (χ4v) is 2.71. The first-order valence-electron chi connectivity index (χ1n) is 9.79. The quantitative estimate of drug-likeness (QED) is 0.134. The molecule has 1 aromatic heterocycles. The van der Waals surface area contributed by atoms with E-state index in [0.29, 0.717) is 17.9 Å². The minimum absolute atomic E-state index is 0.0237. The lowest BCUT2D eigenvalue weighted by Crippen LogP contribution is -2.35. The molecule has 0 atom stereocenters. The first-order valence-corrected chi connectivity index (χ1v) is 9.79. The number of benzene rings is 1. The monoisotopic (exact) mass is 415 g/mol. The van der Waals surface area contributed by atoms with Crippen molar-refractivity contribution in [3.05, 3.63) is 57.1 Å². The maximum absolute atomic E-state index is 12.2. The van der Waals surface area contributed by atoms with Crippen molar-refractivity contribution in [2.24, 2.45) is 5.73 Å². The van der Waals surface area contributed by atoms with Crippen molar-refractivity contribution in [1.29, 1.82) is 5.41 Å². The summed E-state index contributed by atoms with van der Waals surface area (Å²) in [5.41, 5.74) is 10.4. The van der Waals surface area contributed by atoms with E-state index < -0.39 is 0 Å². The van der Waals surface area contributed by atoms with Crippen LogP contribution in [0.15, 0.2) is 29.1 Å². The second-order valence-electron chi connectivity index (χ2n) is 6.72. The van der Waals surface area contributed by atoms with E-state index in [4.69, 9.17) is 16.0 Å². The van der Waals surface area contributed by atoms with Crippen molar-refractivity contribution in [3.63, 3.8) is 0 Å². The van der Waals surface area contributed by atoms with Gasteiger partial charge in [0.25, 0.3) is 5.56 Å². The molecule has 162 valence electrons. The molecule has 0 unspecified atom stereocenters. The van der Waals surface area contributed by atoms with Crippen LogP contribution in [0.4, 0.5) is 5.82 Å². The van der Waals surface area contributed by atoms with Gasteiger partial charge < -0.3 is 21.4 Å². The van der Waals surface area contributed by atoms with E-state index in [2.05, 4.69) is 57.3 Å². The number of rotatable bonds is 11. The van der Waals surface area contributed by atoms with Gasteiger partial charge in [0.15, 0.2) is 5.82 Å². The molecule has 0 aliphatic rings. The average Bonchev–Trinajstić information content (AvgIpc) is 2.71. The minimum atomic E-state index is -0.318. The fourth-order valence-electron chi connectivity index (χ4n) is 2.71. The normalized spacial score (nSPS) is 10.5. The zero-order chi connectivity index (χ0) is 21.9. The molecule has 1 heterocycles. The number of anilines is 1. The molecule has 7 N–H and O–H groups in total. The van der Waals surface area contributed by atoms with Crippen molar-refractivity contribution in [2.75, 3.05) is 25.0 Å². The lowest BCUT2D eigenvalue weighted by Gasteiger charge is -2.10. The summed E-state index contributed by atoms with van der Waals surface area (Å²) in [6, 6.07) is 8.37. The Hall–Kier alpha value is -3.40. The van der Waals surface area contributed by atoms with Crippen LogP contribution < -0.4 is 27.4 Å². The van der Waals surface area contributed by atoms with Crippen molar-refractivity contribution in [1.82, 2.24) is 20.8 Å². The van der Waals surface area contributed by atoms with Crippen LogP contribution in [0.3, 0.4) is 0 Å². The highest BCUT2D eigenvalue weighted by Gasteiger charge is 2.11. The number of H-pyrrole nitrogens is 1. The summed E-state index contributed by atoms with van der Waals surface area (Å²) >= 11 is 0. The third-order valence-electron chi connectivity index (χ3n) is 4.37. The number of aromatic nitrogens is 2. The molecule has 0 bridgehead atoms.